The maximum atomic E-state index is 13.2. The van der Waals surface area contributed by atoms with Gasteiger partial charge in [-0.2, -0.15) is 0 Å². The lowest BCUT2D eigenvalue weighted by Crippen LogP contribution is -2.54. The van der Waals surface area contributed by atoms with Crippen molar-refractivity contribution in [1.82, 2.24) is 5.32 Å². The largest absolute Gasteiger partial charge is 0.494 e. The van der Waals surface area contributed by atoms with E-state index in [1.54, 1.807) is 18.2 Å². The molecule has 1 fully saturated rings. The van der Waals surface area contributed by atoms with E-state index in [0.29, 0.717) is 36.0 Å². The van der Waals surface area contributed by atoms with Crippen LogP contribution >= 0.6 is 12.2 Å². The molecule has 0 atom stereocenters. The van der Waals surface area contributed by atoms with Gasteiger partial charge >= 0.3 is 0 Å². The zero-order chi connectivity index (χ0) is 21.7. The molecular weight excluding hydrogens is 400 g/mol. The fourth-order valence-electron chi connectivity index (χ4n) is 3.10. The van der Waals surface area contributed by atoms with E-state index in [0.717, 1.165) is 12.0 Å². The number of hydrogen-bond acceptors (Lipinski definition) is 5. The van der Waals surface area contributed by atoms with E-state index in [4.69, 9.17) is 21.7 Å². The maximum Gasteiger partial charge on any atom is 0.270 e. The molecule has 2 aromatic carbocycles. The number of hydrogen-bond donors (Lipinski definition) is 1. The molecule has 0 aromatic heterocycles. The van der Waals surface area contributed by atoms with Crippen molar-refractivity contribution < 1.29 is 19.1 Å². The second-order valence-electron chi connectivity index (χ2n) is 6.54. The van der Waals surface area contributed by atoms with Gasteiger partial charge in [0.1, 0.15) is 17.1 Å². The molecule has 2 amide bonds. The van der Waals surface area contributed by atoms with Crippen molar-refractivity contribution in [2.75, 3.05) is 18.1 Å². The number of rotatable bonds is 7. The van der Waals surface area contributed by atoms with Crippen molar-refractivity contribution in [3.05, 3.63) is 59.2 Å². The Bertz CT molecular complexity index is 999. The molecule has 0 radical (unpaired) electrons. The quantitative estimate of drug-likeness (QED) is 0.415. The fraction of sp³-hybridized carbons (Fsp3) is 0.261. The van der Waals surface area contributed by atoms with E-state index in [9.17, 15) is 9.59 Å². The Morgan fingerprint density at radius 1 is 1.00 bits per heavy atom. The number of nitrogens with one attached hydrogen (secondary N) is 1. The van der Waals surface area contributed by atoms with Gasteiger partial charge in [0.15, 0.2) is 5.11 Å². The second-order valence-corrected chi connectivity index (χ2v) is 6.93. The molecule has 1 heterocycles. The van der Waals surface area contributed by atoms with Crippen molar-refractivity contribution in [3.63, 3.8) is 0 Å². The van der Waals surface area contributed by atoms with E-state index in [2.05, 4.69) is 12.2 Å². The van der Waals surface area contributed by atoms with Crippen LogP contribution in [0.15, 0.2) is 48.0 Å². The number of thiocarbonyl (C=S) groups is 1. The third-order valence-electron chi connectivity index (χ3n) is 4.60. The van der Waals surface area contributed by atoms with Gasteiger partial charge in [-0.25, -0.2) is 0 Å². The van der Waals surface area contributed by atoms with Gasteiger partial charge in [-0.15, -0.1) is 0 Å². The van der Waals surface area contributed by atoms with Crippen LogP contribution in [0.3, 0.4) is 0 Å². The minimum absolute atomic E-state index is 0.0201. The number of ether oxygens (including phenoxy) is 2. The van der Waals surface area contributed by atoms with Crippen LogP contribution in [0.4, 0.5) is 5.69 Å². The van der Waals surface area contributed by atoms with Crippen LogP contribution < -0.4 is 19.7 Å². The van der Waals surface area contributed by atoms with Crippen molar-refractivity contribution in [1.29, 1.82) is 0 Å². The zero-order valence-corrected chi connectivity index (χ0v) is 18.0. The Morgan fingerprint density at radius 3 is 2.33 bits per heavy atom. The van der Waals surface area contributed by atoms with Crippen LogP contribution in [-0.2, 0) is 16.0 Å². The third kappa shape index (κ3) is 4.52. The summed E-state index contributed by atoms with van der Waals surface area (Å²) in [5.74, 6) is 0.164. The number of nitrogens with zero attached hydrogens (tertiary/aromatic N) is 1. The smallest absolute Gasteiger partial charge is 0.270 e. The Hall–Kier alpha value is -3.19. The van der Waals surface area contributed by atoms with Gasteiger partial charge in [0.05, 0.1) is 18.9 Å². The first kappa shape index (κ1) is 21.5. The molecule has 0 bridgehead atoms. The highest BCUT2D eigenvalue weighted by Gasteiger charge is 2.34. The first-order valence-electron chi connectivity index (χ1n) is 9.88. The second kappa shape index (κ2) is 9.54. The number of aryl methyl sites for hydroxylation is 1. The summed E-state index contributed by atoms with van der Waals surface area (Å²) in [4.78, 5) is 27.1. The number of amides is 2. The number of carbonyl (C=O) groups excluding carboxylic acids is 2. The molecular formula is C23H24N2O4S. The predicted molar refractivity (Wildman–Crippen MR) is 121 cm³/mol. The summed E-state index contributed by atoms with van der Waals surface area (Å²) in [7, 11) is 0. The average molecular weight is 425 g/mol. The highest BCUT2D eigenvalue weighted by Crippen LogP contribution is 2.29. The Morgan fingerprint density at radius 2 is 1.70 bits per heavy atom. The molecule has 1 saturated heterocycles. The van der Waals surface area contributed by atoms with Gasteiger partial charge in [0.25, 0.3) is 11.8 Å². The molecule has 0 saturated carbocycles. The van der Waals surface area contributed by atoms with Crippen LogP contribution in [0.5, 0.6) is 11.5 Å². The highest BCUT2D eigenvalue weighted by atomic mass is 32.1. The minimum atomic E-state index is -0.539. The van der Waals surface area contributed by atoms with Crippen molar-refractivity contribution >= 4 is 40.9 Å². The summed E-state index contributed by atoms with van der Waals surface area (Å²) in [5, 5.41) is 2.66. The molecule has 6 nitrogen and oxygen atoms in total. The van der Waals surface area contributed by atoms with Crippen molar-refractivity contribution in [2.45, 2.75) is 27.2 Å². The number of benzene rings is 2. The van der Waals surface area contributed by atoms with Gasteiger partial charge in [0.2, 0.25) is 0 Å². The molecule has 0 aliphatic carbocycles. The average Bonchev–Trinajstić information content (AvgIpc) is 2.73. The lowest BCUT2D eigenvalue weighted by Gasteiger charge is -2.29. The van der Waals surface area contributed by atoms with Gasteiger partial charge in [0, 0.05) is 11.6 Å². The first-order chi connectivity index (χ1) is 14.5. The zero-order valence-electron chi connectivity index (χ0n) is 17.2. The SMILES string of the molecule is CCOc1ccc(/C=C2\C(=O)NC(=S)N(c3ccc(CC)cc3)C2=O)c(OCC)c1. The maximum absolute atomic E-state index is 13.2. The molecule has 0 unspecified atom stereocenters. The number of carbonyl (C=O) groups is 2. The lowest BCUT2D eigenvalue weighted by molar-refractivity contribution is -0.122. The summed E-state index contributed by atoms with van der Waals surface area (Å²) in [6, 6.07) is 12.8. The normalized spacial score (nSPS) is 15.4. The van der Waals surface area contributed by atoms with E-state index in [1.165, 1.54) is 11.0 Å². The summed E-state index contributed by atoms with van der Waals surface area (Å²) in [6.45, 7) is 6.77. The molecule has 1 aliphatic heterocycles. The van der Waals surface area contributed by atoms with E-state index < -0.39 is 11.8 Å². The monoisotopic (exact) mass is 424 g/mol. The molecule has 3 rings (SSSR count). The van der Waals surface area contributed by atoms with Crippen LogP contribution in [-0.4, -0.2) is 30.1 Å². The highest BCUT2D eigenvalue weighted by molar-refractivity contribution is 7.80. The first-order valence-corrected chi connectivity index (χ1v) is 10.3. The van der Waals surface area contributed by atoms with E-state index in [-0.39, 0.29) is 10.7 Å². The van der Waals surface area contributed by atoms with Crippen LogP contribution in [0.2, 0.25) is 0 Å². The lowest BCUT2D eigenvalue weighted by atomic mass is 10.1. The fourth-order valence-corrected chi connectivity index (χ4v) is 3.38. The Balaban J connectivity index is 1.99. The van der Waals surface area contributed by atoms with E-state index in [1.807, 2.05) is 38.1 Å². The predicted octanol–water partition coefficient (Wildman–Crippen LogP) is 3.88. The molecule has 7 heteroatoms. The molecule has 2 aromatic rings. The molecule has 0 spiro atoms. The summed E-state index contributed by atoms with van der Waals surface area (Å²) in [6.07, 6.45) is 2.41. The third-order valence-corrected chi connectivity index (χ3v) is 4.88. The molecule has 30 heavy (non-hydrogen) atoms. The molecule has 1 N–H and O–H groups in total. The Kier molecular flexibility index (Phi) is 6.84. The summed E-state index contributed by atoms with van der Waals surface area (Å²) in [5.41, 5.74) is 2.33. The van der Waals surface area contributed by atoms with E-state index >= 15 is 0 Å². The summed E-state index contributed by atoms with van der Waals surface area (Å²) < 4.78 is 11.2. The summed E-state index contributed by atoms with van der Waals surface area (Å²) >= 11 is 5.26. The van der Waals surface area contributed by atoms with Gasteiger partial charge in [-0.3, -0.25) is 19.8 Å². The van der Waals surface area contributed by atoms with Gasteiger partial charge in [-0.1, -0.05) is 19.1 Å². The topological polar surface area (TPSA) is 67.9 Å². The van der Waals surface area contributed by atoms with Crippen molar-refractivity contribution in [3.8, 4) is 11.5 Å². The van der Waals surface area contributed by atoms with Crippen molar-refractivity contribution in [2.24, 2.45) is 0 Å². The molecule has 156 valence electrons. The Labute approximate surface area is 181 Å². The van der Waals surface area contributed by atoms with Crippen LogP contribution in [0.25, 0.3) is 6.08 Å². The van der Waals surface area contributed by atoms with Gasteiger partial charge < -0.3 is 9.47 Å². The van der Waals surface area contributed by atoms with Gasteiger partial charge in [-0.05, 0) is 68.4 Å². The molecule has 1 aliphatic rings. The van der Waals surface area contributed by atoms with Crippen LogP contribution in [0.1, 0.15) is 31.9 Å². The standard InChI is InChI=1S/C23H24N2O4S/c1-4-15-7-10-17(11-8-15)25-22(27)19(21(26)24-23(25)30)13-16-9-12-18(28-5-2)14-20(16)29-6-3/h7-14H,4-6H2,1-3H3,(H,24,26,30)/b19-13+. The van der Waals surface area contributed by atoms with Crippen LogP contribution in [0, 0.1) is 0 Å². The minimum Gasteiger partial charge on any atom is -0.494 e. The number of anilines is 1.